The van der Waals surface area contributed by atoms with Crippen molar-refractivity contribution in [3.8, 4) is 0 Å². The van der Waals surface area contributed by atoms with E-state index in [0.29, 0.717) is 5.56 Å². The summed E-state index contributed by atoms with van der Waals surface area (Å²) in [6.45, 7) is 0. The summed E-state index contributed by atoms with van der Waals surface area (Å²) in [5.41, 5.74) is 0.591. The van der Waals surface area contributed by atoms with Gasteiger partial charge in [0.15, 0.2) is 6.10 Å². The maximum absolute atomic E-state index is 12.1. The first-order valence-corrected chi connectivity index (χ1v) is 5.67. The molecule has 1 aliphatic heterocycles. The number of fused-ring (bicyclic) bond motifs is 2. The summed E-state index contributed by atoms with van der Waals surface area (Å²) in [4.78, 5) is 17.5. The number of aliphatic hydroxyl groups is 1. The molecule has 1 N–H and O–H groups in total. The summed E-state index contributed by atoms with van der Waals surface area (Å²) in [5, 5.41) is 11.3. The number of hydrogen-bond donors (Lipinski definition) is 1. The summed E-state index contributed by atoms with van der Waals surface area (Å²) in [5.74, 6) is -0.395. The van der Waals surface area contributed by atoms with Crippen molar-refractivity contribution < 1.29 is 14.7 Å². The third-order valence-corrected chi connectivity index (χ3v) is 3.14. The number of aliphatic hydroxyl groups excluding tert-OH is 1. The van der Waals surface area contributed by atoms with Crippen LogP contribution in [0.15, 0.2) is 42.5 Å². The van der Waals surface area contributed by atoms with Crippen molar-refractivity contribution in [2.24, 2.45) is 0 Å². The molecule has 1 saturated heterocycles. The molecule has 1 heterocycles. The van der Waals surface area contributed by atoms with Gasteiger partial charge in [-0.05, 0) is 5.56 Å². The van der Waals surface area contributed by atoms with Gasteiger partial charge in [-0.1, -0.05) is 42.5 Å². The van der Waals surface area contributed by atoms with Crippen molar-refractivity contribution in [3.63, 3.8) is 0 Å². The third kappa shape index (κ3) is 1.75. The fraction of sp³-hybridized carbons (Fsp3) is 0.308. The predicted molar refractivity (Wildman–Crippen MR) is 60.7 cm³/mol. The van der Waals surface area contributed by atoms with E-state index in [4.69, 9.17) is 4.84 Å². The van der Waals surface area contributed by atoms with Crippen LogP contribution in [0.4, 0.5) is 0 Å². The lowest BCUT2D eigenvalue weighted by Gasteiger charge is -2.25. The maximum atomic E-state index is 12.1. The van der Waals surface area contributed by atoms with Gasteiger partial charge in [-0.15, -0.1) is 0 Å². The van der Waals surface area contributed by atoms with Gasteiger partial charge < -0.3 is 5.11 Å². The number of hydrogen-bond acceptors (Lipinski definition) is 3. The fourth-order valence-corrected chi connectivity index (χ4v) is 2.24. The van der Waals surface area contributed by atoms with Gasteiger partial charge in [0.2, 0.25) is 0 Å². The van der Waals surface area contributed by atoms with Crippen LogP contribution in [0.5, 0.6) is 0 Å². The molecule has 4 nitrogen and oxygen atoms in total. The van der Waals surface area contributed by atoms with E-state index in [-0.39, 0.29) is 12.1 Å². The lowest BCUT2D eigenvalue weighted by atomic mass is 10.1. The monoisotopic (exact) mass is 231 g/mol. The second kappa shape index (κ2) is 3.98. The van der Waals surface area contributed by atoms with Crippen molar-refractivity contribution in [2.45, 2.75) is 24.7 Å². The van der Waals surface area contributed by atoms with Crippen LogP contribution in [0.3, 0.4) is 0 Å². The van der Waals surface area contributed by atoms with Crippen LogP contribution < -0.4 is 0 Å². The van der Waals surface area contributed by atoms with E-state index in [1.165, 1.54) is 5.06 Å². The van der Waals surface area contributed by atoms with E-state index in [1.807, 2.05) is 18.2 Å². The molecular formula is C13H13NO3. The molecule has 1 aromatic carbocycles. The molecule has 0 spiro atoms. The Hall–Kier alpha value is -1.65. The van der Waals surface area contributed by atoms with E-state index in [1.54, 1.807) is 24.3 Å². The van der Waals surface area contributed by atoms with Crippen LogP contribution in [-0.2, 0) is 9.63 Å². The molecule has 2 unspecified atom stereocenters. The zero-order valence-electron chi connectivity index (χ0n) is 9.19. The van der Waals surface area contributed by atoms with Crippen molar-refractivity contribution in [3.05, 3.63) is 48.0 Å². The van der Waals surface area contributed by atoms with E-state index in [0.717, 1.165) is 6.42 Å². The molecule has 1 aromatic rings. The summed E-state index contributed by atoms with van der Waals surface area (Å²) in [6, 6.07) is 8.87. The van der Waals surface area contributed by atoms with E-state index >= 15 is 0 Å². The second-order valence-corrected chi connectivity index (χ2v) is 4.31. The Kier molecular flexibility index (Phi) is 2.46. The molecule has 0 saturated carbocycles. The maximum Gasteiger partial charge on any atom is 0.280 e. The Morgan fingerprint density at radius 3 is 2.71 bits per heavy atom. The van der Waals surface area contributed by atoms with Crippen molar-refractivity contribution in [1.29, 1.82) is 0 Å². The largest absolute Gasteiger partial charge is 0.378 e. The highest BCUT2D eigenvalue weighted by Gasteiger charge is 2.40. The van der Waals surface area contributed by atoms with Gasteiger partial charge in [-0.3, -0.25) is 9.63 Å². The zero-order valence-corrected chi connectivity index (χ0v) is 9.19. The predicted octanol–water partition coefficient (Wildman–Crippen LogP) is 1.19. The SMILES string of the molecule is O=C([C@H](O)c1ccccc1)N1OC2C=CC1C2. The van der Waals surface area contributed by atoms with Crippen LogP contribution in [0.25, 0.3) is 0 Å². The van der Waals surface area contributed by atoms with Gasteiger partial charge in [0.25, 0.3) is 5.91 Å². The first-order chi connectivity index (χ1) is 8.25. The Morgan fingerprint density at radius 2 is 2.12 bits per heavy atom. The summed E-state index contributed by atoms with van der Waals surface area (Å²) in [7, 11) is 0. The second-order valence-electron chi connectivity index (χ2n) is 4.31. The molecule has 88 valence electrons. The van der Waals surface area contributed by atoms with Gasteiger partial charge in [0.05, 0.1) is 6.04 Å². The number of hydroxylamine groups is 2. The first-order valence-electron chi connectivity index (χ1n) is 5.67. The van der Waals surface area contributed by atoms with Crippen molar-refractivity contribution >= 4 is 5.91 Å². The zero-order chi connectivity index (χ0) is 11.8. The number of amides is 1. The average Bonchev–Trinajstić information content (AvgIpc) is 3.00. The van der Waals surface area contributed by atoms with Crippen LogP contribution >= 0.6 is 0 Å². The quantitative estimate of drug-likeness (QED) is 0.778. The number of carbonyl (C=O) groups is 1. The van der Waals surface area contributed by atoms with Gasteiger partial charge in [-0.2, -0.15) is 0 Å². The standard InChI is InChI=1S/C13H13NO3/c15-12(9-4-2-1-3-5-9)13(16)14-10-6-7-11(8-10)17-14/h1-7,10-12,15H,8H2/t10?,11?,12-/m1/s1. The molecule has 3 atom stereocenters. The fourth-order valence-electron chi connectivity index (χ4n) is 2.24. The first kappa shape index (κ1) is 10.5. The Labute approximate surface area is 99.1 Å². The minimum atomic E-state index is -1.15. The Morgan fingerprint density at radius 1 is 1.35 bits per heavy atom. The molecular weight excluding hydrogens is 218 g/mol. The number of rotatable bonds is 2. The topological polar surface area (TPSA) is 49.8 Å². The van der Waals surface area contributed by atoms with Gasteiger partial charge in [0, 0.05) is 6.42 Å². The lowest BCUT2D eigenvalue weighted by Crippen LogP contribution is -2.38. The minimum absolute atomic E-state index is 0.00748. The van der Waals surface area contributed by atoms with E-state index < -0.39 is 12.0 Å². The van der Waals surface area contributed by atoms with E-state index in [9.17, 15) is 9.90 Å². The lowest BCUT2D eigenvalue weighted by molar-refractivity contribution is -0.191. The number of benzene rings is 1. The molecule has 1 fully saturated rings. The van der Waals surface area contributed by atoms with Crippen molar-refractivity contribution in [1.82, 2.24) is 5.06 Å². The minimum Gasteiger partial charge on any atom is -0.378 e. The molecule has 0 aromatic heterocycles. The van der Waals surface area contributed by atoms with Gasteiger partial charge in [-0.25, -0.2) is 5.06 Å². The summed E-state index contributed by atoms with van der Waals surface area (Å²) in [6.07, 6.45) is 3.54. The molecule has 4 heteroatoms. The highest BCUT2D eigenvalue weighted by Crippen LogP contribution is 2.31. The summed E-state index contributed by atoms with van der Waals surface area (Å²) < 4.78 is 0. The molecule has 2 bridgehead atoms. The average molecular weight is 231 g/mol. The Bertz CT molecular complexity index is 457. The Balaban J connectivity index is 1.77. The molecule has 2 aliphatic rings. The highest BCUT2D eigenvalue weighted by atomic mass is 16.7. The van der Waals surface area contributed by atoms with E-state index in [2.05, 4.69) is 0 Å². The molecule has 17 heavy (non-hydrogen) atoms. The van der Waals surface area contributed by atoms with Gasteiger partial charge in [0.1, 0.15) is 6.10 Å². The smallest absolute Gasteiger partial charge is 0.280 e. The normalized spacial score (nSPS) is 27.5. The number of carbonyl (C=O) groups excluding carboxylic acids is 1. The van der Waals surface area contributed by atoms with Crippen molar-refractivity contribution in [2.75, 3.05) is 0 Å². The van der Waals surface area contributed by atoms with Crippen LogP contribution in [-0.4, -0.2) is 28.2 Å². The molecule has 0 radical (unpaired) electrons. The highest BCUT2D eigenvalue weighted by molar-refractivity contribution is 5.82. The van der Waals surface area contributed by atoms with Crippen LogP contribution in [0.2, 0.25) is 0 Å². The molecule has 1 amide bonds. The van der Waals surface area contributed by atoms with Gasteiger partial charge >= 0.3 is 0 Å². The van der Waals surface area contributed by atoms with Crippen LogP contribution in [0.1, 0.15) is 18.1 Å². The van der Waals surface area contributed by atoms with Crippen LogP contribution in [0, 0.1) is 0 Å². The molecule has 3 rings (SSSR count). The number of nitrogens with zero attached hydrogens (tertiary/aromatic N) is 1. The third-order valence-electron chi connectivity index (χ3n) is 3.14. The molecule has 1 aliphatic carbocycles. The summed E-state index contributed by atoms with van der Waals surface area (Å²) >= 11 is 0.